The molecule has 0 spiro atoms. The number of nitrogens with zero attached hydrogens (tertiary/aromatic N) is 2. The van der Waals surface area contributed by atoms with Crippen molar-refractivity contribution < 1.29 is 14.6 Å². The van der Waals surface area contributed by atoms with Gasteiger partial charge in [0.05, 0.1) is 5.69 Å². The Hall–Kier alpha value is -1.18. The fourth-order valence-electron chi connectivity index (χ4n) is 3.39. The van der Waals surface area contributed by atoms with Gasteiger partial charge in [-0.1, -0.05) is 27.2 Å². The van der Waals surface area contributed by atoms with Crippen LogP contribution in [0.25, 0.3) is 0 Å². The lowest BCUT2D eigenvalue weighted by Gasteiger charge is -2.36. The molecule has 0 unspecified atom stereocenters. The van der Waals surface area contributed by atoms with E-state index in [1.54, 1.807) is 0 Å². The van der Waals surface area contributed by atoms with Gasteiger partial charge in [0.2, 0.25) is 0 Å². The number of anilines is 1. The minimum Gasteiger partial charge on any atom is -0.480 e. The van der Waals surface area contributed by atoms with Gasteiger partial charge in [-0.2, -0.15) is 4.37 Å². The molecule has 0 aromatic carbocycles. The number of carboxylic acids is 1. The number of ether oxygens (including phenoxy) is 1. The number of nitrogen functional groups attached to an aromatic ring is 1. The number of nitrogens with two attached hydrogens (primary N) is 1. The Labute approximate surface area is 160 Å². The SMILES string of the molecule is CC(C)(C)c1cc(N)sn1.O=C(O)[C@@H]1CCCCN1CC1CCOCC1. The molecule has 0 amide bonds. The van der Waals surface area contributed by atoms with E-state index in [0.717, 1.165) is 69.1 Å². The number of aliphatic carboxylic acids is 1. The molecule has 2 fully saturated rings. The van der Waals surface area contributed by atoms with E-state index in [2.05, 4.69) is 30.0 Å². The number of rotatable bonds is 3. The summed E-state index contributed by atoms with van der Waals surface area (Å²) >= 11 is 1.36. The quantitative estimate of drug-likeness (QED) is 0.832. The van der Waals surface area contributed by atoms with Gasteiger partial charge in [0.15, 0.2) is 0 Å². The molecule has 26 heavy (non-hydrogen) atoms. The van der Waals surface area contributed by atoms with Crippen LogP contribution in [-0.2, 0) is 14.9 Å². The molecule has 6 nitrogen and oxygen atoms in total. The normalized spacial score (nSPS) is 22.5. The summed E-state index contributed by atoms with van der Waals surface area (Å²) in [6.45, 7) is 9.96. The van der Waals surface area contributed by atoms with Crippen molar-refractivity contribution in [1.82, 2.24) is 9.27 Å². The summed E-state index contributed by atoms with van der Waals surface area (Å²) in [4.78, 5) is 13.3. The zero-order chi connectivity index (χ0) is 19.2. The lowest BCUT2D eigenvalue weighted by atomic mass is 9.92. The van der Waals surface area contributed by atoms with E-state index in [4.69, 9.17) is 10.5 Å². The van der Waals surface area contributed by atoms with Gasteiger partial charge in [-0.3, -0.25) is 9.69 Å². The number of hydrogen-bond acceptors (Lipinski definition) is 6. The molecule has 3 rings (SSSR count). The third kappa shape index (κ3) is 6.52. The second kappa shape index (κ2) is 9.67. The van der Waals surface area contributed by atoms with E-state index >= 15 is 0 Å². The van der Waals surface area contributed by atoms with E-state index in [9.17, 15) is 9.90 Å². The van der Waals surface area contributed by atoms with Crippen LogP contribution in [-0.4, -0.2) is 52.7 Å². The van der Waals surface area contributed by atoms with E-state index < -0.39 is 5.97 Å². The second-order valence-electron chi connectivity index (χ2n) is 8.27. The molecule has 3 N–H and O–H groups in total. The second-order valence-corrected chi connectivity index (χ2v) is 9.10. The van der Waals surface area contributed by atoms with Gasteiger partial charge in [0, 0.05) is 25.2 Å². The highest BCUT2D eigenvalue weighted by Crippen LogP contribution is 2.25. The van der Waals surface area contributed by atoms with Crippen molar-refractivity contribution in [2.24, 2.45) is 5.92 Å². The zero-order valence-corrected chi connectivity index (χ0v) is 17.1. The summed E-state index contributed by atoms with van der Waals surface area (Å²) in [5, 5.41) is 9.97. The number of piperidine rings is 1. The first kappa shape index (κ1) is 21.1. The molecule has 3 heterocycles. The highest BCUT2D eigenvalue weighted by molar-refractivity contribution is 7.10. The molecule has 0 saturated carbocycles. The molecule has 7 heteroatoms. The van der Waals surface area contributed by atoms with Crippen LogP contribution in [0.1, 0.15) is 58.6 Å². The van der Waals surface area contributed by atoms with Crippen LogP contribution in [0.15, 0.2) is 6.07 Å². The van der Waals surface area contributed by atoms with Gasteiger partial charge in [0.1, 0.15) is 11.0 Å². The summed E-state index contributed by atoms with van der Waals surface area (Å²) in [5.74, 6) is -0.0135. The van der Waals surface area contributed by atoms with Crippen LogP contribution in [0.2, 0.25) is 0 Å². The van der Waals surface area contributed by atoms with E-state index in [1.165, 1.54) is 11.5 Å². The average molecular weight is 384 g/mol. The topological polar surface area (TPSA) is 88.7 Å². The van der Waals surface area contributed by atoms with Crippen molar-refractivity contribution in [2.75, 3.05) is 32.0 Å². The molecule has 0 aliphatic carbocycles. The fourth-order valence-corrected chi connectivity index (χ4v) is 4.09. The third-order valence-corrected chi connectivity index (χ3v) is 5.65. The maximum absolute atomic E-state index is 11.1. The molecule has 1 atom stereocenters. The Balaban J connectivity index is 0.000000209. The molecule has 1 aromatic rings. The highest BCUT2D eigenvalue weighted by atomic mass is 32.1. The molecular formula is C19H33N3O3S. The zero-order valence-electron chi connectivity index (χ0n) is 16.2. The van der Waals surface area contributed by atoms with Crippen molar-refractivity contribution in [1.29, 1.82) is 0 Å². The van der Waals surface area contributed by atoms with Crippen LogP contribution >= 0.6 is 11.5 Å². The van der Waals surface area contributed by atoms with Crippen molar-refractivity contribution in [3.05, 3.63) is 11.8 Å². The number of likely N-dealkylation sites (tertiary alicyclic amines) is 1. The smallest absolute Gasteiger partial charge is 0.320 e. The van der Waals surface area contributed by atoms with Gasteiger partial charge >= 0.3 is 5.97 Å². The molecule has 148 valence electrons. The maximum Gasteiger partial charge on any atom is 0.320 e. The Morgan fingerprint density at radius 1 is 1.35 bits per heavy atom. The van der Waals surface area contributed by atoms with Crippen LogP contribution in [0.4, 0.5) is 5.00 Å². The van der Waals surface area contributed by atoms with Crippen LogP contribution in [0, 0.1) is 5.92 Å². The number of aromatic nitrogens is 1. The molecule has 1 aromatic heterocycles. The number of hydrogen-bond donors (Lipinski definition) is 2. The summed E-state index contributed by atoms with van der Waals surface area (Å²) in [6, 6.07) is 1.70. The van der Waals surface area contributed by atoms with E-state index in [1.807, 2.05) is 6.07 Å². The summed E-state index contributed by atoms with van der Waals surface area (Å²) in [5.41, 5.74) is 6.74. The van der Waals surface area contributed by atoms with Crippen molar-refractivity contribution in [3.8, 4) is 0 Å². The maximum atomic E-state index is 11.1. The Kier molecular flexibility index (Phi) is 7.85. The number of carbonyl (C=O) groups is 1. The monoisotopic (exact) mass is 383 g/mol. The van der Waals surface area contributed by atoms with Crippen LogP contribution < -0.4 is 5.73 Å². The predicted molar refractivity (Wildman–Crippen MR) is 106 cm³/mol. The Morgan fingerprint density at radius 2 is 2.04 bits per heavy atom. The molecule has 2 aliphatic heterocycles. The van der Waals surface area contributed by atoms with Gasteiger partial charge in [-0.15, -0.1) is 0 Å². The van der Waals surface area contributed by atoms with Gasteiger partial charge < -0.3 is 15.6 Å². The Bertz CT molecular complexity index is 565. The molecule has 0 radical (unpaired) electrons. The summed E-state index contributed by atoms with van der Waals surface area (Å²) in [7, 11) is 0. The van der Waals surface area contributed by atoms with Crippen LogP contribution in [0.5, 0.6) is 0 Å². The van der Waals surface area contributed by atoms with E-state index in [-0.39, 0.29) is 11.5 Å². The van der Waals surface area contributed by atoms with Crippen molar-refractivity contribution in [3.63, 3.8) is 0 Å². The Morgan fingerprint density at radius 3 is 2.54 bits per heavy atom. The van der Waals surface area contributed by atoms with Gasteiger partial charge in [-0.25, -0.2) is 0 Å². The molecule has 2 saturated heterocycles. The third-order valence-electron chi connectivity index (χ3n) is 5.03. The first-order chi connectivity index (χ1) is 12.3. The van der Waals surface area contributed by atoms with Gasteiger partial charge in [0.25, 0.3) is 0 Å². The lowest BCUT2D eigenvalue weighted by Crippen LogP contribution is -2.47. The average Bonchev–Trinajstić information content (AvgIpc) is 3.04. The summed E-state index contributed by atoms with van der Waals surface area (Å²) < 4.78 is 9.53. The van der Waals surface area contributed by atoms with E-state index in [0.29, 0.717) is 5.92 Å². The van der Waals surface area contributed by atoms with Crippen molar-refractivity contribution in [2.45, 2.75) is 64.3 Å². The fraction of sp³-hybridized carbons (Fsp3) is 0.789. The first-order valence-electron chi connectivity index (χ1n) is 9.54. The van der Waals surface area contributed by atoms with Gasteiger partial charge in [-0.05, 0) is 55.7 Å². The highest BCUT2D eigenvalue weighted by Gasteiger charge is 2.30. The van der Waals surface area contributed by atoms with Crippen LogP contribution in [0.3, 0.4) is 0 Å². The molecular weight excluding hydrogens is 350 g/mol. The molecule has 2 aliphatic rings. The van der Waals surface area contributed by atoms with Crippen molar-refractivity contribution >= 4 is 22.5 Å². The minimum absolute atomic E-state index is 0.133. The number of carboxylic acid groups (broad SMARTS) is 1. The predicted octanol–water partition coefficient (Wildman–Crippen LogP) is 3.37. The lowest BCUT2D eigenvalue weighted by molar-refractivity contribution is -0.145. The largest absolute Gasteiger partial charge is 0.480 e. The first-order valence-corrected chi connectivity index (χ1v) is 10.3. The standard InChI is InChI=1S/C12H21NO3.C7H12N2S/c14-12(15)11-3-1-2-6-13(11)9-10-4-7-16-8-5-10;1-7(2,3)5-4-6(8)10-9-5/h10-11H,1-9H2,(H,14,15);4H,8H2,1-3H3/t11-;/m0./s1. The minimum atomic E-state index is -0.647. The summed E-state index contributed by atoms with van der Waals surface area (Å²) in [6.07, 6.45) is 5.19. The molecule has 0 bridgehead atoms.